The van der Waals surface area contributed by atoms with Gasteiger partial charge >= 0.3 is 0 Å². The molecule has 1 heterocycles. The van der Waals surface area contributed by atoms with Gasteiger partial charge < -0.3 is 9.30 Å². The molecule has 0 saturated heterocycles. The van der Waals surface area contributed by atoms with Gasteiger partial charge in [-0.25, -0.2) is 0 Å². The molecule has 2 N–H and O–H groups in total. The Labute approximate surface area is 161 Å². The third kappa shape index (κ3) is 3.96. The first kappa shape index (κ1) is 18.5. The molecule has 0 unspecified atom stereocenters. The highest BCUT2D eigenvalue weighted by Crippen LogP contribution is 2.29. The molecule has 3 rings (SSSR count). The van der Waals surface area contributed by atoms with Crippen LogP contribution in [0.1, 0.15) is 26.3 Å². The average Bonchev–Trinajstić information content (AvgIpc) is 3.20. The number of carbonyl (C=O) groups is 2. The van der Waals surface area contributed by atoms with Gasteiger partial charge in [0.05, 0.1) is 23.4 Å². The Balaban J connectivity index is 1.79. The van der Waals surface area contributed by atoms with Gasteiger partial charge in [0.2, 0.25) is 0 Å². The number of aromatic nitrogens is 1. The zero-order valence-electron chi connectivity index (χ0n) is 14.8. The van der Waals surface area contributed by atoms with E-state index in [0.29, 0.717) is 22.0 Å². The van der Waals surface area contributed by atoms with Crippen LogP contribution in [-0.2, 0) is 0 Å². The van der Waals surface area contributed by atoms with Gasteiger partial charge in [-0.15, -0.1) is 0 Å². The molecule has 0 bridgehead atoms. The first-order valence-corrected chi connectivity index (χ1v) is 8.56. The predicted octanol–water partition coefficient (Wildman–Crippen LogP) is 3.52. The molecular formula is C20H18ClN3O3. The van der Waals surface area contributed by atoms with E-state index in [2.05, 4.69) is 10.9 Å². The second-order valence-electron chi connectivity index (χ2n) is 5.82. The van der Waals surface area contributed by atoms with Crippen molar-refractivity contribution in [2.45, 2.75) is 6.92 Å². The van der Waals surface area contributed by atoms with E-state index >= 15 is 0 Å². The number of amides is 2. The zero-order valence-corrected chi connectivity index (χ0v) is 15.6. The van der Waals surface area contributed by atoms with Crippen LogP contribution in [0.4, 0.5) is 0 Å². The number of rotatable bonds is 4. The summed E-state index contributed by atoms with van der Waals surface area (Å²) in [7, 11) is 1.46. The number of ether oxygens (including phenoxy) is 1. The van der Waals surface area contributed by atoms with Gasteiger partial charge in [-0.05, 0) is 36.8 Å². The predicted molar refractivity (Wildman–Crippen MR) is 103 cm³/mol. The van der Waals surface area contributed by atoms with Gasteiger partial charge in [-0.2, -0.15) is 0 Å². The number of hydrogen-bond acceptors (Lipinski definition) is 3. The summed E-state index contributed by atoms with van der Waals surface area (Å²) in [6, 6.07) is 14.0. The maximum absolute atomic E-state index is 12.5. The van der Waals surface area contributed by atoms with Crippen LogP contribution in [0.2, 0.25) is 5.02 Å². The van der Waals surface area contributed by atoms with Crippen LogP contribution in [0.25, 0.3) is 5.69 Å². The summed E-state index contributed by atoms with van der Waals surface area (Å²) >= 11 is 6.33. The third-order valence-corrected chi connectivity index (χ3v) is 4.38. The Hall–Kier alpha value is -3.25. The van der Waals surface area contributed by atoms with Crippen molar-refractivity contribution in [1.82, 2.24) is 15.4 Å². The maximum Gasteiger partial charge on any atom is 0.273 e. The second-order valence-corrected chi connectivity index (χ2v) is 6.22. The maximum atomic E-state index is 12.5. The highest BCUT2D eigenvalue weighted by molar-refractivity contribution is 6.33. The fraction of sp³-hybridized carbons (Fsp3) is 0.100. The molecule has 27 heavy (non-hydrogen) atoms. The lowest BCUT2D eigenvalue weighted by atomic mass is 10.1. The molecular weight excluding hydrogens is 366 g/mol. The van der Waals surface area contributed by atoms with Crippen molar-refractivity contribution in [2.75, 3.05) is 7.11 Å². The monoisotopic (exact) mass is 383 g/mol. The molecule has 7 heteroatoms. The van der Waals surface area contributed by atoms with E-state index in [1.165, 1.54) is 13.2 Å². The number of nitrogens with one attached hydrogen (secondary N) is 2. The van der Waals surface area contributed by atoms with Crippen LogP contribution in [0, 0.1) is 6.92 Å². The molecule has 0 spiro atoms. The Morgan fingerprint density at radius 2 is 1.59 bits per heavy atom. The van der Waals surface area contributed by atoms with Crippen LogP contribution in [-0.4, -0.2) is 23.5 Å². The molecule has 0 saturated carbocycles. The summed E-state index contributed by atoms with van der Waals surface area (Å²) in [4.78, 5) is 24.8. The Bertz CT molecular complexity index is 984. The van der Waals surface area contributed by atoms with Crippen LogP contribution >= 0.6 is 11.6 Å². The summed E-state index contributed by atoms with van der Waals surface area (Å²) in [6.07, 6.45) is 3.67. The smallest absolute Gasteiger partial charge is 0.273 e. The van der Waals surface area contributed by atoms with Crippen molar-refractivity contribution in [3.8, 4) is 11.4 Å². The molecule has 2 aromatic carbocycles. The molecule has 0 aliphatic rings. The van der Waals surface area contributed by atoms with Gasteiger partial charge in [-0.3, -0.25) is 20.4 Å². The standard InChI is InChI=1S/C20H18ClN3O3/c1-13-7-3-4-8-14(13)19(25)22-23-20(26)15-11-16(21)17(12-18(15)27-2)24-9-5-6-10-24/h3-12H,1-2H3,(H,22,25)(H,23,26). The summed E-state index contributed by atoms with van der Waals surface area (Å²) < 4.78 is 7.14. The van der Waals surface area contributed by atoms with Crippen LogP contribution in [0.5, 0.6) is 5.75 Å². The highest BCUT2D eigenvalue weighted by Gasteiger charge is 2.18. The lowest BCUT2D eigenvalue weighted by molar-refractivity contribution is 0.0844. The fourth-order valence-electron chi connectivity index (χ4n) is 2.66. The fourth-order valence-corrected chi connectivity index (χ4v) is 2.92. The summed E-state index contributed by atoms with van der Waals surface area (Å²) in [5, 5.41) is 0.377. The van der Waals surface area contributed by atoms with Crippen molar-refractivity contribution in [3.63, 3.8) is 0 Å². The van der Waals surface area contributed by atoms with Gasteiger partial charge in [0, 0.05) is 24.0 Å². The SMILES string of the molecule is COc1cc(-n2cccc2)c(Cl)cc1C(=O)NNC(=O)c1ccccc1C. The van der Waals surface area contributed by atoms with Gasteiger partial charge in [-0.1, -0.05) is 29.8 Å². The van der Waals surface area contributed by atoms with E-state index in [4.69, 9.17) is 16.3 Å². The lowest BCUT2D eigenvalue weighted by Gasteiger charge is -2.14. The van der Waals surface area contributed by atoms with E-state index in [-0.39, 0.29) is 5.56 Å². The summed E-state index contributed by atoms with van der Waals surface area (Å²) in [5.41, 5.74) is 6.98. The summed E-state index contributed by atoms with van der Waals surface area (Å²) in [6.45, 7) is 1.82. The van der Waals surface area contributed by atoms with Crippen molar-refractivity contribution in [1.29, 1.82) is 0 Å². The largest absolute Gasteiger partial charge is 0.496 e. The Morgan fingerprint density at radius 1 is 0.963 bits per heavy atom. The number of hydrazine groups is 1. The van der Waals surface area contributed by atoms with Gasteiger partial charge in [0.1, 0.15) is 5.75 Å². The normalized spacial score (nSPS) is 10.3. The van der Waals surface area contributed by atoms with Crippen molar-refractivity contribution >= 4 is 23.4 Å². The Morgan fingerprint density at radius 3 is 2.22 bits per heavy atom. The van der Waals surface area contributed by atoms with E-state index < -0.39 is 11.8 Å². The number of aryl methyl sites for hydroxylation is 1. The minimum Gasteiger partial charge on any atom is -0.496 e. The zero-order chi connectivity index (χ0) is 19.4. The topological polar surface area (TPSA) is 72.4 Å². The molecule has 2 amide bonds. The van der Waals surface area contributed by atoms with Crippen LogP contribution < -0.4 is 15.6 Å². The minimum absolute atomic E-state index is 0.212. The van der Waals surface area contributed by atoms with Gasteiger partial charge in [0.25, 0.3) is 11.8 Å². The Kier molecular flexibility index (Phi) is 5.47. The average molecular weight is 384 g/mol. The molecule has 0 aliphatic heterocycles. The molecule has 0 atom stereocenters. The second kappa shape index (κ2) is 7.97. The third-order valence-electron chi connectivity index (χ3n) is 4.08. The van der Waals surface area contributed by atoms with E-state index in [9.17, 15) is 9.59 Å². The molecule has 0 aliphatic carbocycles. The van der Waals surface area contributed by atoms with Gasteiger partial charge in [0.15, 0.2) is 0 Å². The van der Waals surface area contributed by atoms with Crippen molar-refractivity contribution < 1.29 is 14.3 Å². The number of benzene rings is 2. The van der Waals surface area contributed by atoms with Crippen molar-refractivity contribution in [3.05, 3.63) is 82.6 Å². The van der Waals surface area contributed by atoms with Crippen molar-refractivity contribution in [2.24, 2.45) is 0 Å². The quantitative estimate of drug-likeness (QED) is 0.677. The highest BCUT2D eigenvalue weighted by atomic mass is 35.5. The molecule has 1 aromatic heterocycles. The molecule has 3 aromatic rings. The van der Waals surface area contributed by atoms with E-state index in [1.807, 2.05) is 48.1 Å². The number of methoxy groups -OCH3 is 1. The molecule has 138 valence electrons. The van der Waals surface area contributed by atoms with Crippen LogP contribution in [0.15, 0.2) is 60.9 Å². The first-order valence-electron chi connectivity index (χ1n) is 8.18. The molecule has 0 radical (unpaired) electrons. The number of nitrogens with zero attached hydrogens (tertiary/aromatic N) is 1. The van der Waals surface area contributed by atoms with E-state index in [0.717, 1.165) is 5.56 Å². The first-order chi connectivity index (χ1) is 13.0. The lowest BCUT2D eigenvalue weighted by Crippen LogP contribution is -2.42. The number of carbonyl (C=O) groups excluding carboxylic acids is 2. The number of hydrogen-bond donors (Lipinski definition) is 2. The summed E-state index contributed by atoms with van der Waals surface area (Å²) in [5.74, 6) is -0.601. The molecule has 6 nitrogen and oxygen atoms in total. The minimum atomic E-state index is -0.533. The molecule has 0 fully saturated rings. The van der Waals surface area contributed by atoms with Crippen LogP contribution in [0.3, 0.4) is 0 Å². The number of halogens is 1. The van der Waals surface area contributed by atoms with E-state index in [1.54, 1.807) is 18.2 Å².